The van der Waals surface area contributed by atoms with Crippen molar-refractivity contribution in [2.24, 2.45) is 0 Å². The summed E-state index contributed by atoms with van der Waals surface area (Å²) in [5.41, 5.74) is 3.14. The highest BCUT2D eigenvalue weighted by molar-refractivity contribution is 7.99. The van der Waals surface area contributed by atoms with Gasteiger partial charge in [-0.25, -0.2) is 9.97 Å². The Hall–Kier alpha value is -2.98. The summed E-state index contributed by atoms with van der Waals surface area (Å²) in [5.74, 6) is 0.371. The first-order chi connectivity index (χ1) is 15.3. The highest BCUT2D eigenvalue weighted by Gasteiger charge is 2.31. The van der Waals surface area contributed by atoms with E-state index in [4.69, 9.17) is 5.11 Å². The molecule has 0 atom stereocenters. The number of aliphatic hydroxyl groups excluding tert-OH is 1. The molecule has 0 saturated heterocycles. The molecule has 0 fully saturated rings. The number of nitrogens with one attached hydrogen (secondary N) is 1. The van der Waals surface area contributed by atoms with Gasteiger partial charge in [-0.3, -0.25) is 4.40 Å². The number of nitrogens with zero attached hydrogens (tertiary/aromatic N) is 4. The molecule has 0 spiro atoms. The number of alkyl halides is 3. The summed E-state index contributed by atoms with van der Waals surface area (Å²) in [6, 6.07) is 11.4. The summed E-state index contributed by atoms with van der Waals surface area (Å²) in [7, 11) is 1.97. The minimum atomic E-state index is -4.47. The predicted octanol–water partition coefficient (Wildman–Crippen LogP) is 5.08. The van der Waals surface area contributed by atoms with Crippen LogP contribution in [-0.4, -0.2) is 45.9 Å². The van der Waals surface area contributed by atoms with Crippen LogP contribution in [0.3, 0.4) is 0 Å². The third-order valence-corrected chi connectivity index (χ3v) is 5.94. The van der Waals surface area contributed by atoms with Crippen molar-refractivity contribution < 1.29 is 18.3 Å². The summed E-state index contributed by atoms with van der Waals surface area (Å²) < 4.78 is 43.7. The fraction of sp³-hybridized carbons (Fsp3) is 0.273. The van der Waals surface area contributed by atoms with Crippen molar-refractivity contribution in [1.82, 2.24) is 14.4 Å². The highest BCUT2D eigenvalue weighted by atomic mass is 32.2. The lowest BCUT2D eigenvalue weighted by Gasteiger charge is -2.16. The summed E-state index contributed by atoms with van der Waals surface area (Å²) in [5, 5.41) is 12.2. The Morgan fingerprint density at radius 3 is 2.56 bits per heavy atom. The van der Waals surface area contributed by atoms with Crippen molar-refractivity contribution in [2.45, 2.75) is 12.6 Å². The van der Waals surface area contributed by atoms with Gasteiger partial charge in [-0.15, -0.1) is 0 Å². The molecule has 10 heteroatoms. The molecule has 2 heterocycles. The van der Waals surface area contributed by atoms with Crippen molar-refractivity contribution in [3.05, 3.63) is 54.2 Å². The van der Waals surface area contributed by atoms with Crippen LogP contribution >= 0.6 is 11.9 Å². The van der Waals surface area contributed by atoms with E-state index >= 15 is 0 Å². The van der Waals surface area contributed by atoms with Gasteiger partial charge in [-0.2, -0.15) is 13.2 Å². The van der Waals surface area contributed by atoms with Gasteiger partial charge in [0.25, 0.3) is 0 Å². The summed E-state index contributed by atoms with van der Waals surface area (Å²) in [6.07, 6.45) is -0.310. The zero-order chi connectivity index (χ0) is 22.9. The molecule has 0 amide bonds. The number of aromatic nitrogens is 3. The summed E-state index contributed by atoms with van der Waals surface area (Å²) in [4.78, 5) is 8.93. The van der Waals surface area contributed by atoms with Crippen LogP contribution in [0.15, 0.2) is 48.7 Å². The molecule has 2 aromatic heterocycles. The average Bonchev–Trinajstić information content (AvgIpc) is 3.23. The maximum absolute atomic E-state index is 13.3. The SMILES string of the molecule is CSN(C)c1ccc(-c2cnc3c(NCCCO)nc4cc(C(F)(F)F)ccc4n23)cc1. The van der Waals surface area contributed by atoms with E-state index < -0.39 is 11.7 Å². The van der Waals surface area contributed by atoms with E-state index in [1.165, 1.54) is 6.07 Å². The lowest BCUT2D eigenvalue weighted by atomic mass is 10.1. The second-order valence-electron chi connectivity index (χ2n) is 7.19. The molecule has 0 aliphatic carbocycles. The van der Waals surface area contributed by atoms with Crippen LogP contribution in [0.5, 0.6) is 0 Å². The predicted molar refractivity (Wildman–Crippen MR) is 123 cm³/mol. The average molecular weight is 462 g/mol. The normalized spacial score (nSPS) is 11.9. The molecular formula is C22H22F3N5OS. The number of hydrogen-bond acceptors (Lipinski definition) is 6. The zero-order valence-corrected chi connectivity index (χ0v) is 18.3. The summed E-state index contributed by atoms with van der Waals surface area (Å²) >= 11 is 1.59. The lowest BCUT2D eigenvalue weighted by Crippen LogP contribution is -2.09. The highest BCUT2D eigenvalue weighted by Crippen LogP contribution is 2.34. The molecule has 0 aliphatic heterocycles. The Labute approximate surface area is 187 Å². The number of benzene rings is 2. The fourth-order valence-corrected chi connectivity index (χ4v) is 3.80. The molecule has 0 radical (unpaired) electrons. The van der Waals surface area contributed by atoms with Crippen LogP contribution < -0.4 is 9.62 Å². The standard InChI is InChI=1S/C22H22F3N5OS/c1-29(32-2)16-7-4-14(5-8-16)19-13-27-21-20(26-10-3-11-31)28-17-12-15(22(23,24)25)6-9-18(17)30(19)21/h4-9,12-13,31H,3,10-11H2,1-2H3,(H,26,28). The van der Waals surface area contributed by atoms with Gasteiger partial charge in [0, 0.05) is 37.7 Å². The molecule has 0 unspecified atom stereocenters. The van der Waals surface area contributed by atoms with E-state index in [2.05, 4.69) is 15.3 Å². The van der Waals surface area contributed by atoms with Crippen molar-refractivity contribution in [3.8, 4) is 11.3 Å². The molecule has 0 aliphatic rings. The second kappa shape index (κ2) is 8.87. The number of halogens is 3. The van der Waals surface area contributed by atoms with Gasteiger partial charge in [0.2, 0.25) is 0 Å². The molecule has 0 bridgehead atoms. The first-order valence-electron chi connectivity index (χ1n) is 9.95. The molecule has 4 rings (SSSR count). The van der Waals surface area contributed by atoms with E-state index in [1.807, 2.05) is 46.3 Å². The number of imidazole rings is 1. The van der Waals surface area contributed by atoms with E-state index in [-0.39, 0.29) is 12.1 Å². The van der Waals surface area contributed by atoms with E-state index in [0.717, 1.165) is 29.1 Å². The van der Waals surface area contributed by atoms with Crippen LogP contribution in [0.2, 0.25) is 0 Å². The van der Waals surface area contributed by atoms with E-state index in [1.54, 1.807) is 18.1 Å². The summed E-state index contributed by atoms with van der Waals surface area (Å²) in [6.45, 7) is 0.410. The fourth-order valence-electron chi connectivity index (χ4n) is 3.47. The Bertz CT molecular complexity index is 1240. The van der Waals surface area contributed by atoms with Gasteiger partial charge in [0.15, 0.2) is 11.5 Å². The minimum absolute atomic E-state index is 0.00831. The molecule has 32 heavy (non-hydrogen) atoms. The van der Waals surface area contributed by atoms with E-state index in [0.29, 0.717) is 29.9 Å². The minimum Gasteiger partial charge on any atom is -0.396 e. The van der Waals surface area contributed by atoms with Crippen LogP contribution in [0.4, 0.5) is 24.7 Å². The smallest absolute Gasteiger partial charge is 0.396 e. The van der Waals surface area contributed by atoms with Gasteiger partial charge in [-0.05, 0) is 36.8 Å². The molecule has 2 aromatic carbocycles. The zero-order valence-electron chi connectivity index (χ0n) is 17.5. The van der Waals surface area contributed by atoms with Crippen molar-refractivity contribution in [2.75, 3.05) is 36.1 Å². The van der Waals surface area contributed by atoms with Crippen LogP contribution in [0.25, 0.3) is 27.9 Å². The van der Waals surface area contributed by atoms with Gasteiger partial charge in [0.05, 0.1) is 28.5 Å². The Morgan fingerprint density at radius 1 is 1.16 bits per heavy atom. The molecule has 6 nitrogen and oxygen atoms in total. The molecular weight excluding hydrogens is 439 g/mol. The van der Waals surface area contributed by atoms with Crippen LogP contribution in [-0.2, 0) is 6.18 Å². The van der Waals surface area contributed by atoms with Gasteiger partial charge in [-0.1, -0.05) is 24.1 Å². The molecule has 0 saturated carbocycles. The number of anilines is 2. The third kappa shape index (κ3) is 4.20. The van der Waals surface area contributed by atoms with Crippen LogP contribution in [0, 0.1) is 0 Å². The first kappa shape index (κ1) is 22.2. The van der Waals surface area contributed by atoms with Gasteiger partial charge >= 0.3 is 6.18 Å². The Balaban J connectivity index is 1.90. The maximum atomic E-state index is 13.3. The van der Waals surface area contributed by atoms with Crippen molar-refractivity contribution in [1.29, 1.82) is 0 Å². The van der Waals surface area contributed by atoms with Crippen molar-refractivity contribution >= 4 is 40.1 Å². The molecule has 4 aromatic rings. The number of fused-ring (bicyclic) bond motifs is 3. The maximum Gasteiger partial charge on any atom is 0.416 e. The first-order valence-corrected chi connectivity index (χ1v) is 11.1. The lowest BCUT2D eigenvalue weighted by molar-refractivity contribution is -0.137. The van der Waals surface area contributed by atoms with Crippen molar-refractivity contribution in [3.63, 3.8) is 0 Å². The molecule has 168 valence electrons. The number of aliphatic hydroxyl groups is 1. The Morgan fingerprint density at radius 2 is 1.91 bits per heavy atom. The second-order valence-corrected chi connectivity index (χ2v) is 8.11. The monoisotopic (exact) mass is 461 g/mol. The number of rotatable bonds is 7. The molecule has 2 N–H and O–H groups in total. The van der Waals surface area contributed by atoms with E-state index in [9.17, 15) is 13.2 Å². The third-order valence-electron chi connectivity index (χ3n) is 5.18. The number of hydrogen-bond donors (Lipinski definition) is 2. The quantitative estimate of drug-likeness (QED) is 0.296. The largest absolute Gasteiger partial charge is 0.416 e. The Kier molecular flexibility index (Phi) is 6.16. The van der Waals surface area contributed by atoms with Crippen LogP contribution in [0.1, 0.15) is 12.0 Å². The topological polar surface area (TPSA) is 65.7 Å². The van der Waals surface area contributed by atoms with Gasteiger partial charge < -0.3 is 14.7 Å². The van der Waals surface area contributed by atoms with Gasteiger partial charge in [0.1, 0.15) is 0 Å².